The average Bonchev–Trinajstić information content (AvgIpc) is 2.41. The summed E-state index contributed by atoms with van der Waals surface area (Å²) >= 11 is 0. The molecule has 0 rings (SSSR count). The van der Waals surface area contributed by atoms with Crippen molar-refractivity contribution in [3.8, 4) is 12.1 Å². The topological polar surface area (TPSA) is 147 Å². The molecule has 0 aliphatic heterocycles. The number of nitriles is 2. The van der Waals surface area contributed by atoms with Crippen LogP contribution in [0.1, 0.15) is 41.0 Å². The number of aliphatic carboxylic acids is 2. The molecule has 0 bridgehead atoms. The van der Waals surface area contributed by atoms with Crippen molar-refractivity contribution < 1.29 is 72.6 Å². The van der Waals surface area contributed by atoms with E-state index in [0.717, 1.165) is 0 Å². The summed E-state index contributed by atoms with van der Waals surface area (Å²) < 4.78 is 0. The third-order valence-electron chi connectivity index (χ3n) is 2.62. The van der Waals surface area contributed by atoms with Crippen LogP contribution in [-0.4, -0.2) is 33.2 Å². The Kier molecular flexibility index (Phi) is 10.7. The van der Waals surface area contributed by atoms with E-state index < -0.39 is 23.0 Å². The zero-order valence-corrected chi connectivity index (χ0v) is 15.5. The maximum absolute atomic E-state index is 10.5. The van der Waals surface area contributed by atoms with E-state index in [9.17, 15) is 9.59 Å². The molecule has 0 saturated carbocycles. The van der Waals surface area contributed by atoms with Crippen LogP contribution in [0.2, 0.25) is 0 Å². The van der Waals surface area contributed by atoms with Crippen molar-refractivity contribution in [3.05, 3.63) is 0 Å². The summed E-state index contributed by atoms with van der Waals surface area (Å²) in [7, 11) is 0. The minimum atomic E-state index is -1.35. The molecule has 0 aromatic heterocycles. The van der Waals surface area contributed by atoms with Crippen LogP contribution >= 0.6 is 0 Å². The Hall–Kier alpha value is -0.844. The molecule has 8 nitrogen and oxygen atoms in total. The van der Waals surface area contributed by atoms with Crippen molar-refractivity contribution in [2.24, 2.45) is 10.2 Å². The van der Waals surface area contributed by atoms with Gasteiger partial charge in [-0.05, 0) is 26.7 Å². The summed E-state index contributed by atoms with van der Waals surface area (Å²) in [5, 5.41) is 42.7. The quantitative estimate of drug-likeness (QED) is 0.426. The largest absolute Gasteiger partial charge is 1.00 e. The van der Waals surface area contributed by atoms with Crippen molar-refractivity contribution in [2.45, 2.75) is 50.6 Å². The first-order chi connectivity index (χ1) is 9.16. The van der Waals surface area contributed by atoms with Crippen molar-refractivity contribution in [2.75, 3.05) is 0 Å². The summed E-state index contributed by atoms with van der Waals surface area (Å²) in [6, 6.07) is 3.69. The molecule has 2 atom stereocenters. The first-order valence-electron chi connectivity index (χ1n) is 5.86. The maximum Gasteiger partial charge on any atom is 1.00 e. The van der Waals surface area contributed by atoms with E-state index in [2.05, 4.69) is 10.2 Å². The first kappa shape index (κ1) is 22.4. The Balaban J connectivity index is -0.00000180. The zero-order chi connectivity index (χ0) is 15.8. The van der Waals surface area contributed by atoms with E-state index in [4.69, 9.17) is 20.7 Å². The number of nitrogens with zero attached hydrogens (tertiary/aromatic N) is 4. The fourth-order valence-electron chi connectivity index (χ4n) is 1.18. The van der Waals surface area contributed by atoms with Gasteiger partial charge in [-0.3, -0.25) is 9.59 Å². The second-order valence-electron chi connectivity index (χ2n) is 4.76. The van der Waals surface area contributed by atoms with Gasteiger partial charge in [0.15, 0.2) is 11.1 Å². The van der Waals surface area contributed by atoms with Crippen molar-refractivity contribution in [1.82, 2.24) is 0 Å². The van der Waals surface area contributed by atoms with E-state index in [1.54, 1.807) is 0 Å². The van der Waals surface area contributed by atoms with Crippen molar-refractivity contribution >= 4 is 11.9 Å². The van der Waals surface area contributed by atoms with Gasteiger partial charge >= 0.3 is 63.3 Å². The molecule has 0 fully saturated rings. The Morgan fingerprint density at radius 3 is 1.48 bits per heavy atom. The molecule has 0 aromatic carbocycles. The smallest absolute Gasteiger partial charge is 1.00 e. The molecular weight excluding hydrogens is 303 g/mol. The van der Waals surface area contributed by atoms with Gasteiger partial charge in [-0.1, -0.05) is 0 Å². The number of azo groups is 1. The van der Waals surface area contributed by atoms with Gasteiger partial charge in [-0.15, -0.1) is 0 Å². The van der Waals surface area contributed by atoms with Gasteiger partial charge < -0.3 is 11.6 Å². The summed E-state index contributed by atoms with van der Waals surface area (Å²) in [4.78, 5) is 21.0. The molecule has 0 radical (unpaired) electrons. The van der Waals surface area contributed by atoms with E-state index in [-0.39, 0.29) is 78.5 Å². The molecular formula is C12H17KN4O4. The average molecular weight is 320 g/mol. The molecule has 0 aromatic rings. The molecule has 2 N–H and O–H groups in total. The third kappa shape index (κ3) is 9.66. The molecule has 0 saturated heterocycles. The van der Waals surface area contributed by atoms with E-state index >= 15 is 0 Å². The normalized spacial score (nSPS) is 15.8. The monoisotopic (exact) mass is 320 g/mol. The number of rotatable bonds is 8. The molecule has 0 spiro atoms. The molecule has 9 heteroatoms. The minimum Gasteiger partial charge on any atom is -1.00 e. The van der Waals surface area contributed by atoms with E-state index in [0.29, 0.717) is 0 Å². The molecule has 0 heterocycles. The van der Waals surface area contributed by atoms with Crippen LogP contribution < -0.4 is 51.4 Å². The molecule has 2 unspecified atom stereocenters. The Morgan fingerprint density at radius 1 is 1.00 bits per heavy atom. The molecule has 0 aliphatic carbocycles. The zero-order valence-electron chi connectivity index (χ0n) is 13.3. The van der Waals surface area contributed by atoms with Crippen LogP contribution in [0.15, 0.2) is 10.2 Å². The number of carboxylic acids is 2. The summed E-state index contributed by atoms with van der Waals surface area (Å²) in [6.07, 6.45) is -0.575. The molecule has 0 aliphatic rings. The number of carboxylic acid groups (broad SMARTS) is 2. The number of carbonyl (C=O) groups is 2. The third-order valence-corrected chi connectivity index (χ3v) is 2.62. The van der Waals surface area contributed by atoms with Crippen LogP contribution in [0.3, 0.4) is 0 Å². The summed E-state index contributed by atoms with van der Waals surface area (Å²) in [5.41, 5.74) is -2.69. The second kappa shape index (κ2) is 9.98. The van der Waals surface area contributed by atoms with Crippen LogP contribution in [0.4, 0.5) is 0 Å². The Labute approximate surface area is 166 Å². The first-order valence-corrected chi connectivity index (χ1v) is 5.86. The van der Waals surface area contributed by atoms with Gasteiger partial charge in [-0.2, -0.15) is 20.8 Å². The van der Waals surface area contributed by atoms with Crippen molar-refractivity contribution in [3.63, 3.8) is 0 Å². The van der Waals surface area contributed by atoms with Crippen LogP contribution in [0, 0.1) is 22.7 Å². The standard InChI is InChI=1S/C12H16N4O4.K.H/c1-11(7-13,5-3-9(17)18)15-16-12(2,8-14)6-4-10(19)20;;/h3-6H2,1-2H3,(H,17,18)(H,19,20);;/q;+1;-1. The molecule has 110 valence electrons. The van der Waals surface area contributed by atoms with Gasteiger partial charge in [0.1, 0.15) is 0 Å². The fraction of sp³-hybridized carbons (Fsp3) is 0.667. The second-order valence-corrected chi connectivity index (χ2v) is 4.76. The number of hydrogen-bond acceptors (Lipinski definition) is 6. The summed E-state index contributed by atoms with van der Waals surface area (Å²) in [6.45, 7) is 2.82. The predicted octanol–water partition coefficient (Wildman–Crippen LogP) is -1.15. The minimum absolute atomic E-state index is 0. The van der Waals surface area contributed by atoms with Gasteiger partial charge in [0.25, 0.3) is 0 Å². The van der Waals surface area contributed by atoms with Crippen LogP contribution in [0.5, 0.6) is 0 Å². The van der Waals surface area contributed by atoms with Gasteiger partial charge in [-0.25, -0.2) is 0 Å². The molecule has 21 heavy (non-hydrogen) atoms. The van der Waals surface area contributed by atoms with E-state index in [1.165, 1.54) is 13.8 Å². The van der Waals surface area contributed by atoms with Gasteiger partial charge in [0, 0.05) is 12.8 Å². The predicted molar refractivity (Wildman–Crippen MR) is 67.7 cm³/mol. The van der Waals surface area contributed by atoms with E-state index in [1.807, 2.05) is 12.1 Å². The van der Waals surface area contributed by atoms with Gasteiger partial charge in [0.05, 0.1) is 12.1 Å². The Morgan fingerprint density at radius 2 is 1.29 bits per heavy atom. The van der Waals surface area contributed by atoms with Gasteiger partial charge in [0.2, 0.25) is 0 Å². The maximum atomic E-state index is 10.5. The Bertz CT molecular complexity index is 458. The van der Waals surface area contributed by atoms with Crippen LogP contribution in [0.25, 0.3) is 0 Å². The summed E-state index contributed by atoms with van der Waals surface area (Å²) in [5.74, 6) is -2.12. The SMILES string of the molecule is CC(C#N)(CCC(=O)O)N=NC(C)(C#N)CCC(=O)O.[H-].[K+]. The number of hydrogen-bond donors (Lipinski definition) is 2. The molecule has 0 amide bonds. The van der Waals surface area contributed by atoms with Crippen molar-refractivity contribution in [1.29, 1.82) is 10.5 Å². The van der Waals surface area contributed by atoms with Crippen LogP contribution in [-0.2, 0) is 9.59 Å². The fourth-order valence-corrected chi connectivity index (χ4v) is 1.18.